The van der Waals surface area contributed by atoms with Gasteiger partial charge in [0.1, 0.15) is 72.2 Å². The molecule has 37 heteroatoms. The normalized spacial score (nSPS) is 15.9. The van der Waals surface area contributed by atoms with Gasteiger partial charge in [0.25, 0.3) is 0 Å². The summed E-state index contributed by atoms with van der Waals surface area (Å²) in [5.41, 5.74) is 23.2. The summed E-state index contributed by atoms with van der Waals surface area (Å²) in [4.78, 5) is 207. The van der Waals surface area contributed by atoms with Crippen molar-refractivity contribution in [3.8, 4) is 5.75 Å². The van der Waals surface area contributed by atoms with E-state index in [0.717, 1.165) is 6.92 Å². The highest BCUT2D eigenvalue weighted by molar-refractivity contribution is 7.98. The zero-order valence-electron chi connectivity index (χ0n) is 61.0. The van der Waals surface area contributed by atoms with Crippen LogP contribution in [0.15, 0.2) is 29.3 Å². The number of aliphatic hydroxyl groups excluding tert-OH is 1. The number of aliphatic carboxylic acids is 2. The molecule has 0 saturated carbocycles. The Balaban J connectivity index is 3.54. The van der Waals surface area contributed by atoms with Gasteiger partial charge in [-0.2, -0.15) is 11.8 Å². The van der Waals surface area contributed by atoms with Crippen molar-refractivity contribution in [2.24, 2.45) is 57.5 Å². The lowest BCUT2D eigenvalue weighted by Crippen LogP contribution is -2.63. The minimum atomic E-state index is -1.83. The standard InChI is InChI=1S/C66H111N17O19S/c1-14-33(8)50(81-58(94)42(23-24-47(88)89)74-56(92)43(25-27-103-13)76-63(99)51(34(9)15-2)82-59(95)44(29-45(68)86)77-55(91)40(67)28-38-19-21-39(85)22-20-38)62(98)75-41(18-17-26-71-66(69)70)57(93)83-53(37(12)84)64(100)80-49(32(6)7)61(97)73-36(11)54(90)79-48(31(4)5)60(96)72-30-46(87)78-52(65(101)102)35(10)16-3/h19-22,31-37,40-44,48-53,84-85H,14-18,23-30,67H2,1-13H3,(H2,68,86)(H,72,96)(H,73,97)(H,74,92)(H,75,98)(H,76,99)(H,77,91)(H,78,87)(H,79,90)(H,80,100)(H,81,94)(H,82,95)(H,83,93)(H,88,89)(H,101,102)(H4,69,70,71)/t33-,34-,35-,36-,37+,40-,41-,42-,43-,44-,48-,49-,50-,51-,52-,53-/m0/s1. The molecule has 36 nitrogen and oxygen atoms in total. The quantitative estimate of drug-likeness (QED) is 0.0169. The SMILES string of the molecule is CC[C@H](C)[C@H](NC(=O)CNC(=O)[C@@H](NC(=O)[C@H](C)NC(=O)[C@@H](NC(=O)[C@@H](NC(=O)[C@H](CCCN=C(N)N)NC(=O)[C@@H](NC(=O)[C@H](CCC(=O)O)NC(=O)[C@H](CCSC)NC(=O)[C@@H](NC(=O)[C@H](CC(N)=O)NC(=O)[C@@H](N)Cc1ccc(O)cc1)[C@@H](C)CC)[C@@H](C)CC)[C@@H](C)O)C(C)C)C(C)C)C(=O)O. The molecule has 0 saturated heterocycles. The molecule has 0 fully saturated rings. The van der Waals surface area contributed by atoms with Crippen LogP contribution in [0.5, 0.6) is 5.75 Å². The largest absolute Gasteiger partial charge is 0.508 e. The van der Waals surface area contributed by atoms with Crippen molar-refractivity contribution in [3.05, 3.63) is 29.8 Å². The van der Waals surface area contributed by atoms with Crippen LogP contribution in [0.25, 0.3) is 0 Å². The number of nitrogens with zero attached hydrogens (tertiary/aromatic N) is 1. The monoisotopic (exact) mass is 1480 g/mol. The van der Waals surface area contributed by atoms with E-state index in [1.165, 1.54) is 43.0 Å². The molecule has 0 aliphatic rings. The Kier molecular flexibility index (Phi) is 41.2. The average molecular weight is 1480 g/mol. The fourth-order valence-electron chi connectivity index (χ4n) is 9.99. The molecule has 1 aromatic carbocycles. The fraction of sp³-hybridized carbons (Fsp3) is 0.667. The summed E-state index contributed by atoms with van der Waals surface area (Å²) in [6.45, 7) is 17.9. The number of amides is 13. The van der Waals surface area contributed by atoms with Gasteiger partial charge in [-0.25, -0.2) is 4.79 Å². The summed E-state index contributed by atoms with van der Waals surface area (Å²) in [5.74, 6) is -18.2. The van der Waals surface area contributed by atoms with Crippen LogP contribution in [-0.2, 0) is 78.3 Å². The summed E-state index contributed by atoms with van der Waals surface area (Å²) >= 11 is 1.27. The second-order valence-corrected chi connectivity index (χ2v) is 27.2. The molecule has 0 aliphatic carbocycles. The number of carbonyl (C=O) groups is 15. The zero-order valence-corrected chi connectivity index (χ0v) is 61.8. The maximum atomic E-state index is 14.6. The molecule has 16 atom stereocenters. The summed E-state index contributed by atoms with van der Waals surface area (Å²) in [6.07, 6.45) is -1.41. The van der Waals surface area contributed by atoms with Crippen molar-refractivity contribution in [2.45, 2.75) is 226 Å². The van der Waals surface area contributed by atoms with Crippen LogP contribution in [0, 0.1) is 29.6 Å². The Labute approximate surface area is 604 Å². The van der Waals surface area contributed by atoms with Crippen molar-refractivity contribution in [2.75, 3.05) is 25.1 Å². The third-order valence-corrected chi connectivity index (χ3v) is 17.6. The van der Waals surface area contributed by atoms with Gasteiger partial charge in [0.05, 0.1) is 25.1 Å². The van der Waals surface area contributed by atoms with Crippen LogP contribution in [0.2, 0.25) is 0 Å². The van der Waals surface area contributed by atoms with Crippen LogP contribution in [-0.4, -0.2) is 219 Å². The molecule has 13 amide bonds. The number of benzene rings is 1. The van der Waals surface area contributed by atoms with Crippen molar-refractivity contribution < 1.29 is 92.3 Å². The Hall–Kier alpha value is -9.39. The summed E-state index contributed by atoms with van der Waals surface area (Å²) in [7, 11) is 0. The van der Waals surface area contributed by atoms with E-state index in [1.807, 2.05) is 0 Å². The Morgan fingerprint density at radius 1 is 0.485 bits per heavy atom. The van der Waals surface area contributed by atoms with Gasteiger partial charge < -0.3 is 107 Å². The highest BCUT2D eigenvalue weighted by atomic mass is 32.2. The Bertz CT molecular complexity index is 3080. The number of rotatable bonds is 48. The van der Waals surface area contributed by atoms with Crippen LogP contribution in [0.1, 0.15) is 146 Å². The first-order valence-corrected chi connectivity index (χ1v) is 35.6. The average Bonchev–Trinajstić information content (AvgIpc) is 0.858. The molecule has 0 bridgehead atoms. The first-order chi connectivity index (χ1) is 48.1. The molecular weight excluding hydrogens is 1370 g/mol. The first kappa shape index (κ1) is 91.6. The maximum absolute atomic E-state index is 14.6. The number of carbonyl (C=O) groups excluding carboxylic acids is 13. The molecule has 0 unspecified atom stereocenters. The molecule has 0 heterocycles. The van der Waals surface area contributed by atoms with Gasteiger partial charge in [-0.3, -0.25) is 72.1 Å². The number of primary amides is 1. The van der Waals surface area contributed by atoms with Crippen LogP contribution in [0.4, 0.5) is 0 Å². The highest BCUT2D eigenvalue weighted by Crippen LogP contribution is 2.17. The molecule has 0 radical (unpaired) electrons. The number of aliphatic hydroxyl groups is 1. The van der Waals surface area contributed by atoms with Gasteiger partial charge >= 0.3 is 11.9 Å². The number of aromatic hydroxyl groups is 1. The van der Waals surface area contributed by atoms with Crippen molar-refractivity contribution in [1.29, 1.82) is 0 Å². The molecule has 1 rings (SSSR count). The Morgan fingerprint density at radius 3 is 1.37 bits per heavy atom. The third kappa shape index (κ3) is 33.1. The van der Waals surface area contributed by atoms with E-state index in [2.05, 4.69) is 68.8 Å². The predicted octanol–water partition coefficient (Wildman–Crippen LogP) is -3.81. The molecular formula is C66H111N17O19S. The predicted molar refractivity (Wildman–Crippen MR) is 381 cm³/mol. The number of nitrogens with one attached hydrogen (secondary N) is 12. The first-order valence-electron chi connectivity index (χ1n) is 34.2. The van der Waals surface area contributed by atoms with E-state index in [1.54, 1.807) is 75.5 Å². The smallest absolute Gasteiger partial charge is 0.326 e. The van der Waals surface area contributed by atoms with Gasteiger partial charge in [0.15, 0.2) is 5.96 Å². The number of hydrogen-bond donors (Lipinski definition) is 20. The van der Waals surface area contributed by atoms with Crippen LogP contribution >= 0.6 is 11.8 Å². The molecule has 103 heavy (non-hydrogen) atoms. The second-order valence-electron chi connectivity index (χ2n) is 26.2. The number of guanidine groups is 1. The van der Waals surface area contributed by atoms with Crippen LogP contribution < -0.4 is 86.7 Å². The number of phenolic OH excluding ortho intramolecular Hbond substituents is 1. The second kappa shape index (κ2) is 46.3. The van der Waals surface area contributed by atoms with E-state index in [-0.39, 0.29) is 62.5 Å². The number of aliphatic imine (C=N–C) groups is 1. The van der Waals surface area contributed by atoms with Crippen LogP contribution in [0.3, 0.4) is 0 Å². The number of carboxylic acid groups (broad SMARTS) is 2. The zero-order chi connectivity index (χ0) is 78.7. The van der Waals surface area contributed by atoms with Gasteiger partial charge in [0.2, 0.25) is 76.8 Å². The van der Waals surface area contributed by atoms with E-state index in [4.69, 9.17) is 22.9 Å². The van der Waals surface area contributed by atoms with Gasteiger partial charge in [-0.05, 0) is 105 Å². The molecule has 0 aliphatic heterocycles. The number of thioether (sulfide) groups is 1. The topological polar surface area (TPSA) is 598 Å². The van der Waals surface area contributed by atoms with Crippen molar-refractivity contribution in [3.63, 3.8) is 0 Å². The van der Waals surface area contributed by atoms with E-state index in [9.17, 15) is 92.3 Å². The third-order valence-electron chi connectivity index (χ3n) is 17.0. The van der Waals surface area contributed by atoms with Crippen molar-refractivity contribution in [1.82, 2.24) is 63.8 Å². The molecule has 0 spiro atoms. The minimum absolute atomic E-state index is 0.00578. The molecule has 580 valence electrons. The fourth-order valence-corrected chi connectivity index (χ4v) is 10.5. The van der Waals surface area contributed by atoms with E-state index >= 15 is 0 Å². The number of nitrogens with two attached hydrogens (primary N) is 4. The number of carboxylic acids is 2. The maximum Gasteiger partial charge on any atom is 0.326 e. The molecule has 1 aromatic rings. The van der Waals surface area contributed by atoms with Gasteiger partial charge in [-0.15, -0.1) is 0 Å². The Morgan fingerprint density at radius 2 is 0.903 bits per heavy atom. The van der Waals surface area contributed by atoms with Gasteiger partial charge in [0, 0.05) is 13.0 Å². The summed E-state index contributed by atoms with van der Waals surface area (Å²) in [6, 6.07) is -11.8. The van der Waals surface area contributed by atoms with Crippen molar-refractivity contribution >= 4 is 106 Å². The lowest BCUT2D eigenvalue weighted by molar-refractivity contribution is -0.143. The van der Waals surface area contributed by atoms with Gasteiger partial charge in [-0.1, -0.05) is 101 Å². The summed E-state index contributed by atoms with van der Waals surface area (Å²) < 4.78 is 0. The van der Waals surface area contributed by atoms with E-state index in [0.29, 0.717) is 12.0 Å². The number of hydrogen-bond acceptors (Lipinski definition) is 20. The molecule has 0 aromatic heterocycles. The lowest BCUT2D eigenvalue weighted by Gasteiger charge is -2.31. The minimum Gasteiger partial charge on any atom is -0.508 e. The number of phenols is 1. The highest BCUT2D eigenvalue weighted by Gasteiger charge is 2.39. The lowest BCUT2D eigenvalue weighted by atomic mass is 9.96. The molecule has 24 N–H and O–H groups in total. The van der Waals surface area contributed by atoms with E-state index < -0.39 is 223 Å². The summed E-state index contributed by atoms with van der Waals surface area (Å²) in [5, 5.41) is 69.8.